The quantitative estimate of drug-likeness (QED) is 0.579. The van der Waals surface area contributed by atoms with Crippen LogP contribution in [0.1, 0.15) is 83.0 Å². The van der Waals surface area contributed by atoms with E-state index in [1.54, 1.807) is 4.90 Å². The molecule has 190 valence electrons. The molecule has 1 aromatic carbocycles. The number of benzene rings is 1. The molecule has 0 bridgehead atoms. The lowest BCUT2D eigenvalue weighted by Crippen LogP contribution is -2.47. The summed E-state index contributed by atoms with van der Waals surface area (Å²) in [7, 11) is 1.82. The molecule has 5 rings (SSSR count). The van der Waals surface area contributed by atoms with Gasteiger partial charge in [0, 0.05) is 42.7 Å². The van der Waals surface area contributed by atoms with Crippen molar-refractivity contribution in [2.45, 2.75) is 83.8 Å². The fourth-order valence-electron chi connectivity index (χ4n) is 6.39. The Hall–Kier alpha value is -2.50. The Bertz CT molecular complexity index is 1070. The summed E-state index contributed by atoms with van der Waals surface area (Å²) in [5, 5.41) is 1.33. The summed E-state index contributed by atoms with van der Waals surface area (Å²) in [4.78, 5) is 33.9. The van der Waals surface area contributed by atoms with Gasteiger partial charge >= 0.3 is 6.09 Å². The number of nitrogens with one attached hydrogen (secondary N) is 1. The summed E-state index contributed by atoms with van der Waals surface area (Å²) in [5.74, 6) is 1.46. The van der Waals surface area contributed by atoms with Gasteiger partial charge in [0.2, 0.25) is 5.91 Å². The minimum absolute atomic E-state index is 0.103. The van der Waals surface area contributed by atoms with Crippen LogP contribution >= 0.6 is 0 Å². The number of aromatic amines is 1. The lowest BCUT2D eigenvalue weighted by atomic mass is 9.74. The molecule has 2 fully saturated rings. The van der Waals surface area contributed by atoms with Crippen LogP contribution in [0.15, 0.2) is 24.3 Å². The first-order valence-corrected chi connectivity index (χ1v) is 13.6. The Kier molecular flexibility index (Phi) is 6.58. The Morgan fingerprint density at radius 3 is 2.46 bits per heavy atom. The number of para-hydroxylation sites is 1. The average Bonchev–Trinajstić information content (AvgIpc) is 3.16. The van der Waals surface area contributed by atoms with E-state index in [1.165, 1.54) is 41.4 Å². The first-order valence-electron chi connectivity index (χ1n) is 13.6. The van der Waals surface area contributed by atoms with Gasteiger partial charge in [-0.3, -0.25) is 4.79 Å². The third-order valence-electron chi connectivity index (χ3n) is 8.39. The number of nitrogens with zero attached hydrogens (tertiary/aromatic N) is 2. The van der Waals surface area contributed by atoms with Crippen molar-refractivity contribution in [3.05, 3.63) is 35.5 Å². The second-order valence-electron chi connectivity index (χ2n) is 12.1. The summed E-state index contributed by atoms with van der Waals surface area (Å²) < 4.78 is 5.50. The summed E-state index contributed by atoms with van der Waals surface area (Å²) in [5.41, 5.74) is 3.44. The maximum atomic E-state index is 13.9. The molecular weight excluding hydrogens is 438 g/mol. The molecule has 0 radical (unpaired) electrons. The minimum Gasteiger partial charge on any atom is -0.444 e. The van der Waals surface area contributed by atoms with Gasteiger partial charge in [-0.2, -0.15) is 0 Å². The van der Waals surface area contributed by atoms with Crippen LogP contribution in [0.5, 0.6) is 0 Å². The first kappa shape index (κ1) is 24.2. The SMILES string of the molecule is CN(C[C@H]1CC[C@H](C(=O)N2CCc3c([nH]c4ccccc34)C2C2CCC2)CC1)C(=O)OC(C)(C)C. The van der Waals surface area contributed by atoms with Crippen molar-refractivity contribution in [3.63, 3.8) is 0 Å². The predicted octanol–water partition coefficient (Wildman–Crippen LogP) is 6.07. The number of ether oxygens (including phenoxy) is 1. The smallest absolute Gasteiger partial charge is 0.410 e. The van der Waals surface area contributed by atoms with E-state index in [-0.39, 0.29) is 18.1 Å². The van der Waals surface area contributed by atoms with Crippen LogP contribution < -0.4 is 0 Å². The van der Waals surface area contributed by atoms with Crippen LogP contribution in [0.4, 0.5) is 4.79 Å². The molecule has 2 amide bonds. The van der Waals surface area contributed by atoms with E-state index in [2.05, 4.69) is 34.1 Å². The van der Waals surface area contributed by atoms with Crippen LogP contribution in [0, 0.1) is 17.8 Å². The number of hydrogen-bond acceptors (Lipinski definition) is 3. The number of carbonyl (C=O) groups excluding carboxylic acids is 2. The number of hydrogen-bond donors (Lipinski definition) is 1. The number of rotatable bonds is 4. The zero-order valence-corrected chi connectivity index (χ0v) is 21.8. The van der Waals surface area contributed by atoms with Crippen molar-refractivity contribution in [2.24, 2.45) is 17.8 Å². The average molecular weight is 480 g/mol. The van der Waals surface area contributed by atoms with Crippen molar-refractivity contribution in [2.75, 3.05) is 20.1 Å². The van der Waals surface area contributed by atoms with Gasteiger partial charge in [0.1, 0.15) is 5.60 Å². The number of fused-ring (bicyclic) bond motifs is 3. The van der Waals surface area contributed by atoms with E-state index in [0.29, 0.717) is 24.3 Å². The van der Waals surface area contributed by atoms with E-state index in [0.717, 1.165) is 38.6 Å². The molecule has 2 aliphatic carbocycles. The Labute approximate surface area is 209 Å². The Morgan fingerprint density at radius 1 is 1.09 bits per heavy atom. The second-order valence-corrected chi connectivity index (χ2v) is 12.1. The summed E-state index contributed by atoms with van der Waals surface area (Å²) in [6, 6.07) is 8.78. The molecule has 1 aromatic heterocycles. The highest BCUT2D eigenvalue weighted by atomic mass is 16.6. The molecule has 2 saturated carbocycles. The maximum Gasteiger partial charge on any atom is 0.410 e. The van der Waals surface area contributed by atoms with Crippen LogP contribution in [0.25, 0.3) is 10.9 Å². The van der Waals surface area contributed by atoms with Crippen LogP contribution in [-0.2, 0) is 16.0 Å². The predicted molar refractivity (Wildman–Crippen MR) is 138 cm³/mol. The first-order chi connectivity index (χ1) is 16.7. The molecule has 0 spiro atoms. The van der Waals surface area contributed by atoms with Gasteiger partial charge in [-0.1, -0.05) is 24.6 Å². The fraction of sp³-hybridized carbons (Fsp3) is 0.655. The highest BCUT2D eigenvalue weighted by Gasteiger charge is 2.42. The number of carbonyl (C=O) groups is 2. The largest absolute Gasteiger partial charge is 0.444 e. The standard InChI is InChI=1S/C29H41N3O3/c1-29(2,3)35-28(34)31(4)18-19-12-14-21(15-13-19)27(33)32-17-16-23-22-10-5-6-11-24(22)30-25(23)26(32)20-8-7-9-20/h5-6,10-11,19-21,26,30H,7-9,12-18H2,1-4H3/t19-,21-,26?. The summed E-state index contributed by atoms with van der Waals surface area (Å²) in [6.07, 6.45) is 8.19. The third-order valence-corrected chi connectivity index (χ3v) is 8.39. The molecule has 3 aliphatic rings. The van der Waals surface area contributed by atoms with Crippen molar-refractivity contribution in [1.82, 2.24) is 14.8 Å². The zero-order valence-electron chi connectivity index (χ0n) is 21.8. The molecule has 6 nitrogen and oxygen atoms in total. The van der Waals surface area contributed by atoms with Crippen LogP contribution in [0.2, 0.25) is 0 Å². The van der Waals surface area contributed by atoms with E-state index in [9.17, 15) is 9.59 Å². The van der Waals surface area contributed by atoms with Gasteiger partial charge in [0.25, 0.3) is 0 Å². The number of amides is 2. The van der Waals surface area contributed by atoms with E-state index in [1.807, 2.05) is 27.8 Å². The van der Waals surface area contributed by atoms with Crippen molar-refractivity contribution in [1.29, 1.82) is 0 Å². The second kappa shape index (κ2) is 9.51. The van der Waals surface area contributed by atoms with E-state index in [4.69, 9.17) is 4.74 Å². The van der Waals surface area contributed by atoms with Crippen molar-refractivity contribution < 1.29 is 14.3 Å². The van der Waals surface area contributed by atoms with Crippen molar-refractivity contribution in [3.8, 4) is 0 Å². The molecule has 2 aromatic rings. The summed E-state index contributed by atoms with van der Waals surface area (Å²) in [6.45, 7) is 7.21. The number of aromatic nitrogens is 1. The van der Waals surface area contributed by atoms with E-state index >= 15 is 0 Å². The Morgan fingerprint density at radius 2 is 1.80 bits per heavy atom. The summed E-state index contributed by atoms with van der Waals surface area (Å²) >= 11 is 0. The highest BCUT2D eigenvalue weighted by Crippen LogP contribution is 2.47. The van der Waals surface area contributed by atoms with Crippen LogP contribution in [0.3, 0.4) is 0 Å². The van der Waals surface area contributed by atoms with Gasteiger partial charge in [-0.15, -0.1) is 0 Å². The molecule has 1 atom stereocenters. The molecular formula is C29H41N3O3. The molecule has 1 N–H and O–H groups in total. The fourth-order valence-corrected chi connectivity index (χ4v) is 6.39. The molecule has 1 aliphatic heterocycles. The topological polar surface area (TPSA) is 65.6 Å². The van der Waals surface area contributed by atoms with Gasteiger partial charge < -0.3 is 19.5 Å². The zero-order chi connectivity index (χ0) is 24.7. The Balaban J connectivity index is 1.24. The minimum atomic E-state index is -0.480. The van der Waals surface area contributed by atoms with Gasteiger partial charge in [-0.25, -0.2) is 4.79 Å². The lowest BCUT2D eigenvalue weighted by molar-refractivity contribution is -0.142. The van der Waals surface area contributed by atoms with Gasteiger partial charge in [-0.05, 0) is 89.2 Å². The van der Waals surface area contributed by atoms with Gasteiger partial charge in [0.15, 0.2) is 0 Å². The molecule has 0 saturated heterocycles. The normalized spacial score (nSPS) is 25.1. The monoisotopic (exact) mass is 479 g/mol. The molecule has 2 heterocycles. The highest BCUT2D eigenvalue weighted by molar-refractivity contribution is 5.86. The molecule has 1 unspecified atom stereocenters. The third kappa shape index (κ3) is 4.94. The maximum absolute atomic E-state index is 13.9. The molecule has 35 heavy (non-hydrogen) atoms. The number of H-pyrrole nitrogens is 1. The lowest BCUT2D eigenvalue weighted by Gasteiger charge is -2.45. The molecule has 6 heteroatoms. The van der Waals surface area contributed by atoms with Crippen LogP contribution in [-0.4, -0.2) is 52.5 Å². The van der Waals surface area contributed by atoms with Gasteiger partial charge in [0.05, 0.1) is 6.04 Å². The van der Waals surface area contributed by atoms with Crippen molar-refractivity contribution >= 4 is 22.9 Å². The van der Waals surface area contributed by atoms with E-state index < -0.39 is 5.60 Å².